The van der Waals surface area contributed by atoms with Gasteiger partial charge in [-0.15, -0.1) is 0 Å². The van der Waals surface area contributed by atoms with Crippen molar-refractivity contribution in [2.45, 2.75) is 51.6 Å². The first-order valence-corrected chi connectivity index (χ1v) is 7.38. The first-order chi connectivity index (χ1) is 8.59. The van der Waals surface area contributed by atoms with Gasteiger partial charge in [-0.25, -0.2) is 0 Å². The molecule has 2 saturated heterocycles. The lowest BCUT2D eigenvalue weighted by Crippen LogP contribution is -2.54. The normalized spacial score (nSPS) is 27.8. The van der Waals surface area contributed by atoms with Crippen LogP contribution in [0.2, 0.25) is 0 Å². The predicted octanol–water partition coefficient (Wildman–Crippen LogP) is 1.06. The topological polar surface area (TPSA) is 49.6 Å². The Hall–Kier alpha value is -0.610. The minimum absolute atomic E-state index is 0.147. The van der Waals surface area contributed by atoms with Crippen LogP contribution in [-0.2, 0) is 4.79 Å². The summed E-state index contributed by atoms with van der Waals surface area (Å²) in [6.45, 7) is 8.24. The van der Waals surface area contributed by atoms with Crippen molar-refractivity contribution >= 4 is 5.91 Å². The van der Waals surface area contributed by atoms with E-state index in [1.165, 1.54) is 32.4 Å². The number of hydrogen-bond donors (Lipinski definition) is 1. The molecule has 18 heavy (non-hydrogen) atoms. The fourth-order valence-electron chi connectivity index (χ4n) is 3.06. The Morgan fingerprint density at radius 1 is 1.17 bits per heavy atom. The third-order valence-corrected chi connectivity index (χ3v) is 4.37. The van der Waals surface area contributed by atoms with Crippen LogP contribution in [0.4, 0.5) is 0 Å². The summed E-state index contributed by atoms with van der Waals surface area (Å²) in [5.74, 6) is 0.374. The van der Waals surface area contributed by atoms with E-state index in [0.717, 1.165) is 19.5 Å². The van der Waals surface area contributed by atoms with Crippen molar-refractivity contribution in [3.8, 4) is 0 Å². The summed E-state index contributed by atoms with van der Waals surface area (Å²) >= 11 is 0. The van der Waals surface area contributed by atoms with Crippen molar-refractivity contribution in [3.63, 3.8) is 0 Å². The zero-order valence-corrected chi connectivity index (χ0v) is 11.8. The third kappa shape index (κ3) is 3.04. The van der Waals surface area contributed by atoms with Crippen molar-refractivity contribution in [1.29, 1.82) is 0 Å². The molecule has 1 amide bonds. The van der Waals surface area contributed by atoms with Crippen molar-refractivity contribution in [3.05, 3.63) is 0 Å². The van der Waals surface area contributed by atoms with Gasteiger partial charge in [0.1, 0.15) is 0 Å². The van der Waals surface area contributed by atoms with Crippen LogP contribution < -0.4 is 5.73 Å². The van der Waals surface area contributed by atoms with Crippen LogP contribution in [0.1, 0.15) is 39.5 Å². The first kappa shape index (κ1) is 13.8. The zero-order chi connectivity index (χ0) is 13.1. The molecule has 2 atom stereocenters. The molecule has 2 rings (SSSR count). The van der Waals surface area contributed by atoms with Gasteiger partial charge >= 0.3 is 0 Å². The molecule has 0 aromatic rings. The number of rotatable bonds is 3. The van der Waals surface area contributed by atoms with Gasteiger partial charge in [0.15, 0.2) is 0 Å². The molecule has 0 aromatic carbocycles. The van der Waals surface area contributed by atoms with Crippen molar-refractivity contribution < 1.29 is 4.79 Å². The summed E-state index contributed by atoms with van der Waals surface area (Å²) in [7, 11) is 0. The van der Waals surface area contributed by atoms with Crippen molar-refractivity contribution in [2.24, 2.45) is 11.7 Å². The maximum absolute atomic E-state index is 12.3. The van der Waals surface area contributed by atoms with Crippen LogP contribution in [0.5, 0.6) is 0 Å². The van der Waals surface area contributed by atoms with E-state index in [9.17, 15) is 4.79 Å². The minimum Gasteiger partial charge on any atom is -0.340 e. The van der Waals surface area contributed by atoms with Crippen LogP contribution in [-0.4, -0.2) is 54.0 Å². The highest BCUT2D eigenvalue weighted by Gasteiger charge is 2.31. The van der Waals surface area contributed by atoms with Gasteiger partial charge in [-0.3, -0.25) is 9.69 Å². The monoisotopic (exact) mass is 253 g/mol. The molecule has 0 bridgehead atoms. The number of hydrogen-bond acceptors (Lipinski definition) is 3. The number of carbonyl (C=O) groups excluding carboxylic acids is 1. The molecule has 0 saturated carbocycles. The molecule has 104 valence electrons. The van der Waals surface area contributed by atoms with Crippen LogP contribution in [0.15, 0.2) is 0 Å². The number of piperidine rings is 1. The van der Waals surface area contributed by atoms with E-state index < -0.39 is 0 Å². The largest absolute Gasteiger partial charge is 0.340 e. The summed E-state index contributed by atoms with van der Waals surface area (Å²) in [5.41, 5.74) is 5.98. The SMILES string of the molecule is CC(C)[C@@H](N)C(=O)N1CCCC(N2CCCC2)C1. The smallest absolute Gasteiger partial charge is 0.239 e. The molecule has 2 aliphatic rings. The molecule has 2 N–H and O–H groups in total. The number of carbonyl (C=O) groups is 1. The van der Waals surface area contributed by atoms with Gasteiger partial charge in [0.05, 0.1) is 6.04 Å². The lowest BCUT2D eigenvalue weighted by atomic mass is 10.00. The molecule has 2 heterocycles. The molecule has 4 heteroatoms. The third-order valence-electron chi connectivity index (χ3n) is 4.37. The van der Waals surface area contributed by atoms with Crippen LogP contribution >= 0.6 is 0 Å². The van der Waals surface area contributed by atoms with E-state index >= 15 is 0 Å². The average molecular weight is 253 g/mol. The van der Waals surface area contributed by atoms with Gasteiger partial charge in [0.25, 0.3) is 0 Å². The lowest BCUT2D eigenvalue weighted by Gasteiger charge is -2.38. The minimum atomic E-state index is -0.331. The van der Waals surface area contributed by atoms with E-state index in [1.807, 2.05) is 18.7 Å². The summed E-state index contributed by atoms with van der Waals surface area (Å²) in [5, 5.41) is 0. The van der Waals surface area contributed by atoms with Crippen LogP contribution in [0, 0.1) is 5.92 Å². The summed E-state index contributed by atoms with van der Waals surface area (Å²) in [4.78, 5) is 16.8. The van der Waals surface area contributed by atoms with Gasteiger partial charge in [0, 0.05) is 19.1 Å². The van der Waals surface area contributed by atoms with Gasteiger partial charge in [-0.05, 0) is 44.7 Å². The summed E-state index contributed by atoms with van der Waals surface area (Å²) in [6.07, 6.45) is 4.99. The Kier molecular flexibility index (Phi) is 4.62. The molecule has 4 nitrogen and oxygen atoms in total. The molecule has 2 aliphatic heterocycles. The molecule has 2 fully saturated rings. The van der Waals surface area contributed by atoms with Gasteiger partial charge < -0.3 is 10.6 Å². The molecule has 1 unspecified atom stereocenters. The Morgan fingerprint density at radius 3 is 2.44 bits per heavy atom. The molecule has 0 aliphatic carbocycles. The maximum atomic E-state index is 12.3. The highest BCUT2D eigenvalue weighted by molar-refractivity contribution is 5.82. The highest BCUT2D eigenvalue weighted by Crippen LogP contribution is 2.21. The van der Waals surface area contributed by atoms with Crippen LogP contribution in [0.25, 0.3) is 0 Å². The van der Waals surface area contributed by atoms with Gasteiger partial charge in [-0.1, -0.05) is 13.8 Å². The van der Waals surface area contributed by atoms with Gasteiger partial charge in [-0.2, -0.15) is 0 Å². The number of likely N-dealkylation sites (tertiary alicyclic amines) is 2. The fourth-order valence-corrected chi connectivity index (χ4v) is 3.06. The van der Waals surface area contributed by atoms with Crippen LogP contribution in [0.3, 0.4) is 0 Å². The summed E-state index contributed by atoms with van der Waals surface area (Å²) in [6, 6.07) is 0.242. The predicted molar refractivity (Wildman–Crippen MR) is 73.2 cm³/mol. The Bertz CT molecular complexity index is 287. The zero-order valence-electron chi connectivity index (χ0n) is 11.8. The van der Waals surface area contributed by atoms with E-state index in [0.29, 0.717) is 6.04 Å². The Morgan fingerprint density at radius 2 is 1.83 bits per heavy atom. The molecular formula is C14H27N3O. The quantitative estimate of drug-likeness (QED) is 0.818. The van der Waals surface area contributed by atoms with E-state index in [-0.39, 0.29) is 17.9 Å². The second-order valence-corrected chi connectivity index (χ2v) is 6.09. The second-order valence-electron chi connectivity index (χ2n) is 6.09. The van der Waals surface area contributed by atoms with E-state index in [2.05, 4.69) is 4.90 Å². The summed E-state index contributed by atoms with van der Waals surface area (Å²) < 4.78 is 0. The number of amides is 1. The van der Waals surface area contributed by atoms with Crippen molar-refractivity contribution in [2.75, 3.05) is 26.2 Å². The average Bonchev–Trinajstić information content (AvgIpc) is 2.91. The van der Waals surface area contributed by atoms with Crippen molar-refractivity contribution in [1.82, 2.24) is 9.80 Å². The molecule has 0 radical (unpaired) electrons. The molecule has 0 spiro atoms. The fraction of sp³-hybridized carbons (Fsp3) is 0.929. The Labute approximate surface area is 110 Å². The number of nitrogens with zero attached hydrogens (tertiary/aromatic N) is 2. The van der Waals surface area contributed by atoms with E-state index in [1.54, 1.807) is 0 Å². The second kappa shape index (κ2) is 6.02. The number of nitrogens with two attached hydrogens (primary N) is 1. The lowest BCUT2D eigenvalue weighted by molar-refractivity contribution is -0.135. The van der Waals surface area contributed by atoms with E-state index in [4.69, 9.17) is 5.73 Å². The highest BCUT2D eigenvalue weighted by atomic mass is 16.2. The first-order valence-electron chi connectivity index (χ1n) is 7.38. The molecule has 0 aromatic heterocycles. The maximum Gasteiger partial charge on any atom is 0.239 e. The standard InChI is InChI=1S/C14H27N3O/c1-11(2)13(15)14(18)17-9-5-6-12(10-17)16-7-3-4-8-16/h11-13H,3-10,15H2,1-2H3/t12?,13-/m1/s1. The Balaban J connectivity index is 1.91. The van der Waals surface area contributed by atoms with Gasteiger partial charge in [0.2, 0.25) is 5.91 Å². The molecular weight excluding hydrogens is 226 g/mol.